The second kappa shape index (κ2) is 18.2. The quantitative estimate of drug-likeness (QED) is 0.182. The number of amides is 2. The van der Waals surface area contributed by atoms with Gasteiger partial charge in [0.2, 0.25) is 0 Å². The third-order valence-electron chi connectivity index (χ3n) is 5.56. The fraction of sp³-hybridized carbons (Fsp3) is 0.444. The van der Waals surface area contributed by atoms with Crippen molar-refractivity contribution < 1.29 is 29.0 Å². The van der Waals surface area contributed by atoms with Gasteiger partial charge in [-0.15, -0.1) is 0 Å². The standard InChI is InChI=1S/C27H38AsN3O6/c29-17-9-16-28(25(32)36-21-23-11-3-1-4-12-23)15-7-8-19-31(27(34)35)20-10-18-30-26(33)37-22-24-13-5-2-6-14-24/h1-6,11-14H,7-10,15-22,29H2,(H,30,33)(H,34,35). The van der Waals surface area contributed by atoms with Crippen LogP contribution in [0.4, 0.5) is 14.4 Å². The van der Waals surface area contributed by atoms with Gasteiger partial charge in [-0.05, 0) is 5.56 Å². The molecule has 1 unspecified atom stereocenters. The van der Waals surface area contributed by atoms with E-state index in [0.29, 0.717) is 39.0 Å². The van der Waals surface area contributed by atoms with Gasteiger partial charge >= 0.3 is 188 Å². The summed E-state index contributed by atoms with van der Waals surface area (Å²) in [5.41, 5.74) is 7.51. The molecule has 0 saturated heterocycles. The molecule has 37 heavy (non-hydrogen) atoms. The number of unbranched alkanes of at least 4 members (excludes halogenated alkanes) is 1. The first kappa shape index (κ1) is 30.2. The minimum atomic E-state index is -1.89. The molecule has 1 atom stereocenters. The number of carbonyl (C=O) groups is 3. The third kappa shape index (κ3) is 13.2. The Hall–Kier alpha value is -3.03. The number of nitrogens with one attached hydrogen (secondary N) is 1. The Morgan fingerprint density at radius 1 is 0.811 bits per heavy atom. The Morgan fingerprint density at radius 2 is 1.38 bits per heavy atom. The summed E-state index contributed by atoms with van der Waals surface area (Å²) in [4.78, 5) is 37.5. The normalized spacial score (nSPS) is 11.4. The van der Waals surface area contributed by atoms with Gasteiger partial charge < -0.3 is 0 Å². The van der Waals surface area contributed by atoms with Crippen LogP contribution in [-0.4, -0.2) is 67.8 Å². The van der Waals surface area contributed by atoms with Gasteiger partial charge in [0.1, 0.15) is 0 Å². The fourth-order valence-corrected chi connectivity index (χ4v) is 7.74. The topological polar surface area (TPSA) is 131 Å². The molecular formula is C27H38AsN3O6. The van der Waals surface area contributed by atoms with E-state index in [2.05, 4.69) is 5.32 Å². The molecule has 0 radical (unpaired) electrons. The van der Waals surface area contributed by atoms with Crippen molar-refractivity contribution in [2.45, 2.75) is 49.3 Å². The van der Waals surface area contributed by atoms with E-state index in [0.717, 1.165) is 34.4 Å². The van der Waals surface area contributed by atoms with Gasteiger partial charge in [0.25, 0.3) is 0 Å². The monoisotopic (exact) mass is 575 g/mol. The van der Waals surface area contributed by atoms with Crippen LogP contribution in [-0.2, 0) is 22.7 Å². The van der Waals surface area contributed by atoms with Crippen molar-refractivity contribution in [3.63, 3.8) is 0 Å². The van der Waals surface area contributed by atoms with Gasteiger partial charge in [-0.1, -0.05) is 30.3 Å². The molecule has 2 aromatic rings. The molecule has 0 saturated carbocycles. The van der Waals surface area contributed by atoms with Crippen molar-refractivity contribution in [2.24, 2.45) is 5.73 Å². The molecule has 0 heterocycles. The molecule has 202 valence electrons. The number of hydrogen-bond donors (Lipinski definition) is 3. The number of carbonyl (C=O) groups excluding carboxylic acids is 2. The summed E-state index contributed by atoms with van der Waals surface area (Å²) in [5.74, 6) is 0. The summed E-state index contributed by atoms with van der Waals surface area (Å²) in [6.45, 7) is 2.00. The van der Waals surface area contributed by atoms with Crippen LogP contribution < -0.4 is 11.1 Å². The summed E-state index contributed by atoms with van der Waals surface area (Å²) in [6.07, 6.45) is 1.18. The van der Waals surface area contributed by atoms with E-state index in [9.17, 15) is 19.5 Å². The Kier molecular flexibility index (Phi) is 14.9. The SMILES string of the molecule is NCCC[As](CCCCN(CCCNC(=O)OCc1ccccc1)C(=O)O)C(=O)OCc1ccccc1. The number of nitrogens with two attached hydrogens (primary N) is 1. The molecule has 2 amide bonds. The van der Waals surface area contributed by atoms with Gasteiger partial charge in [0.05, 0.1) is 0 Å². The van der Waals surface area contributed by atoms with E-state index in [1.165, 1.54) is 4.90 Å². The average Bonchev–Trinajstić information content (AvgIpc) is 2.92. The Balaban J connectivity index is 1.65. The van der Waals surface area contributed by atoms with E-state index in [-0.39, 0.29) is 18.0 Å². The summed E-state index contributed by atoms with van der Waals surface area (Å²) >= 11 is -1.89. The molecular weight excluding hydrogens is 537 g/mol. The molecule has 9 nitrogen and oxygen atoms in total. The number of benzene rings is 2. The van der Waals surface area contributed by atoms with E-state index >= 15 is 0 Å². The number of rotatable bonds is 17. The number of nitrogens with zero attached hydrogens (tertiary/aromatic N) is 1. The third-order valence-corrected chi connectivity index (χ3v) is 10.5. The Morgan fingerprint density at radius 3 is 1.97 bits per heavy atom. The van der Waals surface area contributed by atoms with E-state index in [1.54, 1.807) is 0 Å². The minimum absolute atomic E-state index is 0.0925. The molecule has 0 aliphatic carbocycles. The molecule has 2 rings (SSSR count). The molecule has 10 heteroatoms. The predicted octanol–water partition coefficient (Wildman–Crippen LogP) is 4.83. The molecule has 2 aromatic carbocycles. The van der Waals surface area contributed by atoms with Crippen LogP contribution in [0.2, 0.25) is 10.4 Å². The zero-order valence-electron chi connectivity index (χ0n) is 21.2. The maximum absolute atomic E-state index is 12.7. The average molecular weight is 576 g/mol. The first-order chi connectivity index (χ1) is 18.0. The van der Waals surface area contributed by atoms with Gasteiger partial charge in [-0.3, -0.25) is 0 Å². The molecule has 0 aromatic heterocycles. The van der Waals surface area contributed by atoms with Crippen molar-refractivity contribution >= 4 is 31.6 Å². The number of hydrogen-bond acceptors (Lipinski definition) is 6. The van der Waals surface area contributed by atoms with E-state index in [1.807, 2.05) is 60.7 Å². The molecule has 0 aliphatic rings. The van der Waals surface area contributed by atoms with Crippen LogP contribution in [0, 0.1) is 0 Å². The molecule has 0 bridgehead atoms. The number of carboxylic acid groups (broad SMARTS) is 1. The van der Waals surface area contributed by atoms with E-state index < -0.39 is 26.8 Å². The van der Waals surface area contributed by atoms with Crippen molar-refractivity contribution in [1.29, 1.82) is 0 Å². The van der Waals surface area contributed by atoms with Gasteiger partial charge in [0, 0.05) is 0 Å². The van der Waals surface area contributed by atoms with Crippen LogP contribution in [0.5, 0.6) is 0 Å². The van der Waals surface area contributed by atoms with Gasteiger partial charge in [-0.2, -0.15) is 0 Å². The zero-order valence-corrected chi connectivity index (χ0v) is 23.1. The first-order valence-corrected chi connectivity index (χ1v) is 16.2. The van der Waals surface area contributed by atoms with Crippen LogP contribution in [0.25, 0.3) is 0 Å². The summed E-state index contributed by atoms with van der Waals surface area (Å²) < 4.78 is 10.6. The summed E-state index contributed by atoms with van der Waals surface area (Å²) in [6, 6.07) is 19.0. The number of alkyl carbamates (subject to hydrolysis) is 1. The molecule has 0 aliphatic heterocycles. The van der Waals surface area contributed by atoms with Crippen LogP contribution in [0.15, 0.2) is 60.7 Å². The summed E-state index contributed by atoms with van der Waals surface area (Å²) in [7, 11) is 0. The first-order valence-electron chi connectivity index (χ1n) is 12.6. The fourth-order valence-electron chi connectivity index (χ4n) is 3.53. The summed E-state index contributed by atoms with van der Waals surface area (Å²) in [5, 5.41) is 13.7. The van der Waals surface area contributed by atoms with Crippen LogP contribution >= 0.6 is 0 Å². The van der Waals surface area contributed by atoms with Crippen molar-refractivity contribution in [3.8, 4) is 0 Å². The predicted molar refractivity (Wildman–Crippen MR) is 144 cm³/mol. The van der Waals surface area contributed by atoms with Gasteiger partial charge in [0.15, 0.2) is 0 Å². The van der Waals surface area contributed by atoms with Crippen molar-refractivity contribution in [2.75, 3.05) is 26.2 Å². The Bertz CT molecular complexity index is 932. The number of ether oxygens (including phenoxy) is 2. The molecule has 0 spiro atoms. The van der Waals surface area contributed by atoms with Crippen molar-refractivity contribution in [1.82, 2.24) is 10.2 Å². The Labute approximate surface area is 223 Å². The van der Waals surface area contributed by atoms with E-state index in [4.69, 9.17) is 15.2 Å². The van der Waals surface area contributed by atoms with Gasteiger partial charge in [-0.25, -0.2) is 0 Å². The zero-order chi connectivity index (χ0) is 26.7. The second-order valence-electron chi connectivity index (χ2n) is 8.49. The maximum atomic E-state index is 12.7. The second-order valence-corrected chi connectivity index (χ2v) is 13.4. The molecule has 4 N–H and O–H groups in total. The molecule has 0 fully saturated rings. The van der Waals surface area contributed by atoms with Crippen LogP contribution in [0.1, 0.15) is 36.8 Å². The van der Waals surface area contributed by atoms with Crippen LogP contribution in [0.3, 0.4) is 0 Å². The van der Waals surface area contributed by atoms with Crippen molar-refractivity contribution in [3.05, 3.63) is 71.8 Å².